The Morgan fingerprint density at radius 3 is 2.83 bits per heavy atom. The summed E-state index contributed by atoms with van der Waals surface area (Å²) in [5.41, 5.74) is 2.33. The molecule has 1 saturated heterocycles. The number of hydrogen-bond acceptors (Lipinski definition) is 4. The summed E-state index contributed by atoms with van der Waals surface area (Å²) in [4.78, 5) is 23.0. The first-order valence-electron chi connectivity index (χ1n) is 10.9. The van der Waals surface area contributed by atoms with Crippen LogP contribution in [0.2, 0.25) is 0 Å². The van der Waals surface area contributed by atoms with Crippen molar-refractivity contribution in [2.24, 2.45) is 5.92 Å². The summed E-state index contributed by atoms with van der Waals surface area (Å²) < 4.78 is 15.9. The third kappa shape index (κ3) is 3.35. The molecule has 3 heterocycles. The number of nitrogens with zero attached hydrogens (tertiary/aromatic N) is 4. The van der Waals surface area contributed by atoms with Crippen LogP contribution in [0.15, 0.2) is 29.2 Å². The van der Waals surface area contributed by atoms with E-state index in [1.54, 1.807) is 12.3 Å². The first-order chi connectivity index (χ1) is 14.5. The van der Waals surface area contributed by atoms with Crippen LogP contribution in [0.1, 0.15) is 61.5 Å². The zero-order chi connectivity index (χ0) is 20.8. The van der Waals surface area contributed by atoms with Crippen molar-refractivity contribution in [2.75, 3.05) is 13.1 Å². The third-order valence-electron chi connectivity index (χ3n) is 6.97. The summed E-state index contributed by atoms with van der Waals surface area (Å²) in [6, 6.07) is 5.61. The quantitative estimate of drug-likeness (QED) is 0.709. The Labute approximate surface area is 175 Å². The summed E-state index contributed by atoms with van der Waals surface area (Å²) >= 11 is 0. The molecule has 30 heavy (non-hydrogen) atoms. The molecule has 2 aromatic heterocycles. The van der Waals surface area contributed by atoms with Crippen molar-refractivity contribution in [1.82, 2.24) is 24.6 Å². The fraction of sp³-hybridized carbons (Fsp3) is 0.522. The van der Waals surface area contributed by atoms with Crippen molar-refractivity contribution in [3.8, 4) is 0 Å². The summed E-state index contributed by atoms with van der Waals surface area (Å²) in [6.45, 7) is 6.42. The summed E-state index contributed by atoms with van der Waals surface area (Å²) in [5, 5.41) is 5.07. The molecule has 1 aliphatic carbocycles. The van der Waals surface area contributed by atoms with Gasteiger partial charge in [-0.2, -0.15) is 5.10 Å². The van der Waals surface area contributed by atoms with E-state index in [1.807, 2.05) is 17.7 Å². The van der Waals surface area contributed by atoms with Crippen molar-refractivity contribution < 1.29 is 4.39 Å². The summed E-state index contributed by atoms with van der Waals surface area (Å²) in [5.74, 6) is 1.08. The number of likely N-dealkylation sites (tertiary alicyclic amines) is 1. The van der Waals surface area contributed by atoms with Gasteiger partial charge >= 0.3 is 0 Å². The molecule has 1 aliphatic heterocycles. The lowest BCUT2D eigenvalue weighted by molar-refractivity contribution is 0.317. The largest absolute Gasteiger partial charge is 0.310 e. The number of benzene rings is 1. The van der Waals surface area contributed by atoms with E-state index in [1.165, 1.54) is 18.9 Å². The molecule has 0 spiro atoms. The van der Waals surface area contributed by atoms with Crippen molar-refractivity contribution in [3.63, 3.8) is 0 Å². The Bertz CT molecular complexity index is 1130. The molecular weight excluding hydrogens is 381 g/mol. The van der Waals surface area contributed by atoms with E-state index in [9.17, 15) is 9.18 Å². The van der Waals surface area contributed by atoms with E-state index in [2.05, 4.69) is 21.9 Å². The molecule has 5 rings (SSSR count). The van der Waals surface area contributed by atoms with Crippen molar-refractivity contribution in [3.05, 3.63) is 57.5 Å². The van der Waals surface area contributed by atoms with Crippen LogP contribution in [0.25, 0.3) is 11.0 Å². The van der Waals surface area contributed by atoms with E-state index in [4.69, 9.17) is 4.98 Å². The van der Waals surface area contributed by atoms with Crippen LogP contribution in [-0.4, -0.2) is 37.7 Å². The van der Waals surface area contributed by atoms with Gasteiger partial charge in [-0.1, -0.05) is 31.9 Å². The monoisotopic (exact) mass is 409 g/mol. The van der Waals surface area contributed by atoms with Crippen LogP contribution in [0.3, 0.4) is 0 Å². The van der Waals surface area contributed by atoms with Crippen LogP contribution < -0.4 is 5.56 Å². The number of H-pyrrole nitrogens is 1. The minimum atomic E-state index is -0.159. The SMILES string of the molecule is Cc1c(F)cccc1CN1C[C@@H](C)[C@H](c2nc3c(cnn3C3CCCC3)c(=O)[nH]2)C1. The van der Waals surface area contributed by atoms with Gasteiger partial charge in [0.05, 0.1) is 12.2 Å². The van der Waals surface area contributed by atoms with Crippen LogP contribution in [0.5, 0.6) is 0 Å². The first-order valence-corrected chi connectivity index (χ1v) is 10.9. The van der Waals surface area contributed by atoms with E-state index in [0.29, 0.717) is 35.1 Å². The molecular formula is C23H28FN5O. The second-order valence-electron chi connectivity index (χ2n) is 9.02. The molecule has 6 nitrogen and oxygen atoms in total. The average Bonchev–Trinajstić information content (AvgIpc) is 3.45. The fourth-order valence-electron chi connectivity index (χ4n) is 5.16. The van der Waals surface area contributed by atoms with Gasteiger partial charge in [-0.3, -0.25) is 9.69 Å². The maximum Gasteiger partial charge on any atom is 0.262 e. The molecule has 1 aromatic carbocycles. The smallest absolute Gasteiger partial charge is 0.262 e. The number of rotatable bonds is 4. The second kappa shape index (κ2) is 7.61. The zero-order valence-electron chi connectivity index (χ0n) is 17.6. The number of aromatic amines is 1. The molecule has 1 saturated carbocycles. The van der Waals surface area contributed by atoms with Gasteiger partial charge in [0.2, 0.25) is 0 Å². The standard InChI is InChI=1S/C23H28FN5O/c1-14-11-28(12-16-6-5-9-20(24)15(16)2)13-19(14)21-26-22-18(23(30)27-21)10-25-29(22)17-7-3-4-8-17/h5-6,9-10,14,17,19H,3-4,7-8,11-13H2,1-2H3,(H,26,27,30)/t14-,19-/m1/s1. The molecule has 2 fully saturated rings. The van der Waals surface area contributed by atoms with Crippen molar-refractivity contribution >= 4 is 11.0 Å². The van der Waals surface area contributed by atoms with Crippen LogP contribution in [-0.2, 0) is 6.54 Å². The lowest BCUT2D eigenvalue weighted by Gasteiger charge is -2.17. The van der Waals surface area contributed by atoms with E-state index in [0.717, 1.165) is 37.3 Å². The van der Waals surface area contributed by atoms with Gasteiger partial charge < -0.3 is 4.98 Å². The number of fused-ring (bicyclic) bond motifs is 1. The summed E-state index contributed by atoms with van der Waals surface area (Å²) in [6.07, 6.45) is 6.26. The first kappa shape index (κ1) is 19.4. The van der Waals surface area contributed by atoms with Crippen LogP contribution in [0, 0.1) is 18.7 Å². The molecule has 7 heteroatoms. The molecule has 2 atom stereocenters. The highest BCUT2D eigenvalue weighted by molar-refractivity contribution is 5.73. The maximum absolute atomic E-state index is 13.9. The lowest BCUT2D eigenvalue weighted by atomic mass is 9.97. The molecule has 0 radical (unpaired) electrons. The Hall–Kier alpha value is -2.54. The fourth-order valence-corrected chi connectivity index (χ4v) is 5.16. The maximum atomic E-state index is 13.9. The average molecular weight is 410 g/mol. The van der Waals surface area contributed by atoms with Gasteiger partial charge in [-0.05, 0) is 42.9 Å². The topological polar surface area (TPSA) is 66.8 Å². The number of hydrogen-bond donors (Lipinski definition) is 1. The van der Waals surface area contributed by atoms with E-state index < -0.39 is 0 Å². The number of nitrogens with one attached hydrogen (secondary N) is 1. The number of aromatic nitrogens is 4. The Balaban J connectivity index is 1.43. The van der Waals surface area contributed by atoms with Gasteiger partial charge in [0.1, 0.15) is 17.0 Å². The highest BCUT2D eigenvalue weighted by Gasteiger charge is 2.33. The van der Waals surface area contributed by atoms with Crippen LogP contribution >= 0.6 is 0 Å². The minimum absolute atomic E-state index is 0.106. The Morgan fingerprint density at radius 1 is 1.23 bits per heavy atom. The van der Waals surface area contributed by atoms with Crippen molar-refractivity contribution in [2.45, 2.75) is 58.0 Å². The van der Waals surface area contributed by atoms with Crippen LogP contribution in [0.4, 0.5) is 4.39 Å². The highest BCUT2D eigenvalue weighted by Crippen LogP contribution is 2.33. The summed E-state index contributed by atoms with van der Waals surface area (Å²) in [7, 11) is 0. The molecule has 158 valence electrons. The molecule has 0 amide bonds. The Kier molecular flexibility index (Phi) is 4.93. The predicted molar refractivity (Wildman–Crippen MR) is 114 cm³/mol. The Morgan fingerprint density at radius 2 is 2.03 bits per heavy atom. The third-order valence-corrected chi connectivity index (χ3v) is 6.97. The highest BCUT2D eigenvalue weighted by atomic mass is 19.1. The molecule has 3 aromatic rings. The van der Waals surface area contributed by atoms with Gasteiger partial charge in [0.25, 0.3) is 5.56 Å². The van der Waals surface area contributed by atoms with Gasteiger partial charge in [-0.25, -0.2) is 14.1 Å². The van der Waals surface area contributed by atoms with Gasteiger partial charge in [0.15, 0.2) is 5.65 Å². The van der Waals surface area contributed by atoms with Gasteiger partial charge in [0, 0.05) is 25.6 Å². The second-order valence-corrected chi connectivity index (χ2v) is 9.02. The number of halogens is 1. The lowest BCUT2D eigenvalue weighted by Crippen LogP contribution is -2.22. The van der Waals surface area contributed by atoms with E-state index >= 15 is 0 Å². The van der Waals surface area contributed by atoms with Crippen molar-refractivity contribution in [1.29, 1.82) is 0 Å². The molecule has 1 N–H and O–H groups in total. The molecule has 2 aliphatic rings. The minimum Gasteiger partial charge on any atom is -0.310 e. The zero-order valence-corrected chi connectivity index (χ0v) is 17.6. The predicted octanol–water partition coefficient (Wildman–Crippen LogP) is 3.92. The normalized spacial score (nSPS) is 23.0. The molecule has 0 unspecified atom stereocenters. The van der Waals surface area contributed by atoms with Gasteiger partial charge in [-0.15, -0.1) is 0 Å². The van der Waals surface area contributed by atoms with E-state index in [-0.39, 0.29) is 17.3 Å². The molecule has 0 bridgehead atoms.